The first-order chi connectivity index (χ1) is 13.8. The third kappa shape index (κ3) is 2.80. The van der Waals surface area contributed by atoms with Crippen LogP contribution in [0.4, 0.5) is 0 Å². The predicted molar refractivity (Wildman–Crippen MR) is 108 cm³/mol. The Morgan fingerprint density at radius 1 is 0.714 bits per heavy atom. The Morgan fingerprint density at radius 3 is 1.93 bits per heavy atom. The highest BCUT2D eigenvalue weighted by Gasteiger charge is 2.50. The smallest absolute Gasteiger partial charge is 0.314 e. The van der Waals surface area contributed by atoms with Gasteiger partial charge in [-0.2, -0.15) is 0 Å². The van der Waals surface area contributed by atoms with E-state index in [4.69, 9.17) is 9.47 Å². The lowest BCUT2D eigenvalue weighted by atomic mass is 9.76. The topological polar surface area (TPSA) is 35.5 Å². The van der Waals surface area contributed by atoms with Crippen molar-refractivity contribution < 1.29 is 14.3 Å². The molecule has 5 rings (SSSR count). The standard InChI is InChI=1S/C25H20O3/c26-25-22-20(16-27-25)23(18-12-6-2-7-13-18)28-24(19-14-8-3-9-15-19)21(22)17-10-4-1-5-11-17/h1-15,20,22-23H,16H2. The van der Waals surface area contributed by atoms with Crippen molar-refractivity contribution in [2.75, 3.05) is 6.61 Å². The van der Waals surface area contributed by atoms with Crippen molar-refractivity contribution in [2.45, 2.75) is 6.10 Å². The zero-order valence-electron chi connectivity index (χ0n) is 15.3. The van der Waals surface area contributed by atoms with Crippen LogP contribution in [0.3, 0.4) is 0 Å². The Morgan fingerprint density at radius 2 is 1.29 bits per heavy atom. The van der Waals surface area contributed by atoms with Gasteiger partial charge in [0.25, 0.3) is 0 Å². The summed E-state index contributed by atoms with van der Waals surface area (Å²) in [5, 5.41) is 0. The number of carbonyl (C=O) groups excluding carboxylic acids is 1. The minimum absolute atomic E-state index is 0.0439. The van der Waals surface area contributed by atoms with E-state index in [0.29, 0.717) is 6.61 Å². The number of hydrogen-bond donors (Lipinski definition) is 0. The van der Waals surface area contributed by atoms with Gasteiger partial charge < -0.3 is 9.47 Å². The molecule has 0 bridgehead atoms. The summed E-state index contributed by atoms with van der Waals surface area (Å²) in [6.45, 7) is 0.376. The van der Waals surface area contributed by atoms with Crippen LogP contribution in [0.5, 0.6) is 0 Å². The Labute approximate surface area is 164 Å². The molecule has 3 nitrogen and oxygen atoms in total. The van der Waals surface area contributed by atoms with Crippen LogP contribution in [0.15, 0.2) is 91.0 Å². The molecule has 3 unspecified atom stereocenters. The summed E-state index contributed by atoms with van der Waals surface area (Å²) in [6.07, 6.45) is -0.222. The summed E-state index contributed by atoms with van der Waals surface area (Å²) in [5.41, 5.74) is 3.96. The van der Waals surface area contributed by atoms with Gasteiger partial charge in [-0.3, -0.25) is 4.79 Å². The van der Waals surface area contributed by atoms with Gasteiger partial charge in [-0.1, -0.05) is 91.0 Å². The van der Waals surface area contributed by atoms with E-state index in [2.05, 4.69) is 12.1 Å². The molecule has 0 spiro atoms. The second-order valence-corrected chi connectivity index (χ2v) is 7.20. The van der Waals surface area contributed by atoms with E-state index in [9.17, 15) is 4.79 Å². The van der Waals surface area contributed by atoms with E-state index >= 15 is 0 Å². The van der Waals surface area contributed by atoms with E-state index in [-0.39, 0.29) is 23.9 Å². The van der Waals surface area contributed by atoms with Gasteiger partial charge in [0.2, 0.25) is 0 Å². The van der Waals surface area contributed by atoms with Gasteiger partial charge in [-0.05, 0) is 11.1 Å². The van der Waals surface area contributed by atoms with Crippen LogP contribution in [-0.2, 0) is 14.3 Å². The quantitative estimate of drug-likeness (QED) is 0.602. The molecular weight excluding hydrogens is 348 g/mol. The van der Waals surface area contributed by atoms with Gasteiger partial charge in [-0.25, -0.2) is 0 Å². The summed E-state index contributed by atoms with van der Waals surface area (Å²) in [6, 6.07) is 30.2. The van der Waals surface area contributed by atoms with E-state index < -0.39 is 0 Å². The molecule has 3 heteroatoms. The molecule has 3 atom stereocenters. The maximum Gasteiger partial charge on any atom is 0.314 e. The van der Waals surface area contributed by atoms with E-state index in [1.807, 2.05) is 78.9 Å². The molecule has 28 heavy (non-hydrogen) atoms. The Kier molecular flexibility index (Phi) is 4.21. The second kappa shape index (κ2) is 7.01. The van der Waals surface area contributed by atoms with Gasteiger partial charge in [0, 0.05) is 11.1 Å². The number of fused-ring (bicyclic) bond motifs is 1. The molecule has 2 heterocycles. The SMILES string of the molecule is O=C1OCC2C1C(c1ccccc1)=C(c1ccccc1)OC2c1ccccc1. The van der Waals surface area contributed by atoms with Crippen LogP contribution in [0, 0.1) is 11.8 Å². The number of esters is 1. The van der Waals surface area contributed by atoms with Gasteiger partial charge in [-0.15, -0.1) is 0 Å². The fraction of sp³-hybridized carbons (Fsp3) is 0.160. The normalized spacial score (nSPS) is 23.7. The summed E-state index contributed by atoms with van der Waals surface area (Å²) in [7, 11) is 0. The molecule has 3 aromatic carbocycles. The number of carbonyl (C=O) groups is 1. The Bertz CT molecular complexity index is 1010. The average molecular weight is 368 g/mol. The third-order valence-electron chi connectivity index (χ3n) is 5.54. The van der Waals surface area contributed by atoms with Crippen molar-refractivity contribution >= 4 is 17.3 Å². The summed E-state index contributed by atoms with van der Waals surface area (Å²) < 4.78 is 12.2. The molecular formula is C25H20O3. The monoisotopic (exact) mass is 368 g/mol. The first-order valence-corrected chi connectivity index (χ1v) is 9.56. The lowest BCUT2D eigenvalue weighted by molar-refractivity contribution is -0.139. The molecule has 2 aliphatic heterocycles. The van der Waals surface area contributed by atoms with E-state index in [1.165, 1.54) is 0 Å². The molecule has 0 amide bonds. The molecule has 0 saturated carbocycles. The molecule has 0 radical (unpaired) electrons. The van der Waals surface area contributed by atoms with Crippen LogP contribution in [0.1, 0.15) is 22.8 Å². The third-order valence-corrected chi connectivity index (χ3v) is 5.54. The summed E-state index contributed by atoms with van der Waals surface area (Å²) in [5.74, 6) is 0.219. The first-order valence-electron chi connectivity index (χ1n) is 9.56. The molecule has 0 N–H and O–H groups in total. The second-order valence-electron chi connectivity index (χ2n) is 7.20. The first kappa shape index (κ1) is 16.8. The molecule has 3 aromatic rings. The van der Waals surface area contributed by atoms with Crippen molar-refractivity contribution in [1.29, 1.82) is 0 Å². The zero-order chi connectivity index (χ0) is 18.9. The van der Waals surface area contributed by atoms with Crippen LogP contribution >= 0.6 is 0 Å². The average Bonchev–Trinajstić information content (AvgIpc) is 3.16. The number of ether oxygens (including phenoxy) is 2. The van der Waals surface area contributed by atoms with Gasteiger partial charge in [0.15, 0.2) is 0 Å². The van der Waals surface area contributed by atoms with E-state index in [1.54, 1.807) is 0 Å². The summed E-state index contributed by atoms with van der Waals surface area (Å²) >= 11 is 0. The highest BCUT2D eigenvalue weighted by molar-refractivity contribution is 6.00. The van der Waals surface area contributed by atoms with Crippen molar-refractivity contribution in [2.24, 2.45) is 11.8 Å². The lowest BCUT2D eigenvalue weighted by Crippen LogP contribution is -2.30. The number of cyclic esters (lactones) is 1. The number of rotatable bonds is 3. The molecule has 138 valence electrons. The predicted octanol–water partition coefficient (Wildman–Crippen LogP) is 5.12. The largest absolute Gasteiger partial charge is 0.484 e. The van der Waals surface area contributed by atoms with Crippen molar-refractivity contribution in [3.8, 4) is 0 Å². The van der Waals surface area contributed by atoms with Crippen LogP contribution in [-0.4, -0.2) is 12.6 Å². The van der Waals surface area contributed by atoms with Crippen molar-refractivity contribution in [1.82, 2.24) is 0 Å². The van der Waals surface area contributed by atoms with Crippen molar-refractivity contribution in [3.05, 3.63) is 108 Å². The molecule has 1 fully saturated rings. The van der Waals surface area contributed by atoms with Gasteiger partial charge in [0.05, 0.1) is 18.4 Å². The molecule has 1 saturated heterocycles. The highest BCUT2D eigenvalue weighted by Crippen LogP contribution is 2.51. The van der Waals surface area contributed by atoms with Gasteiger partial charge >= 0.3 is 5.97 Å². The van der Waals surface area contributed by atoms with Crippen molar-refractivity contribution in [3.63, 3.8) is 0 Å². The minimum atomic E-state index is -0.337. The maximum absolute atomic E-state index is 12.8. The van der Waals surface area contributed by atoms with Crippen LogP contribution < -0.4 is 0 Å². The zero-order valence-corrected chi connectivity index (χ0v) is 15.3. The van der Waals surface area contributed by atoms with Crippen LogP contribution in [0.2, 0.25) is 0 Å². The molecule has 0 aliphatic carbocycles. The fourth-order valence-electron chi connectivity index (χ4n) is 4.25. The van der Waals surface area contributed by atoms with Gasteiger partial charge in [0.1, 0.15) is 11.9 Å². The molecule has 0 aromatic heterocycles. The van der Waals surface area contributed by atoms with Crippen LogP contribution in [0.25, 0.3) is 11.3 Å². The maximum atomic E-state index is 12.8. The minimum Gasteiger partial charge on any atom is -0.484 e. The number of hydrogen-bond acceptors (Lipinski definition) is 3. The summed E-state index contributed by atoms with van der Waals surface area (Å²) in [4.78, 5) is 12.8. The Hall–Kier alpha value is -3.33. The lowest BCUT2D eigenvalue weighted by Gasteiger charge is -2.36. The number of benzene rings is 3. The van der Waals surface area contributed by atoms with E-state index in [0.717, 1.165) is 28.0 Å². The molecule has 2 aliphatic rings. The highest BCUT2D eigenvalue weighted by atomic mass is 16.5. The Balaban J connectivity index is 1.73. The fourth-order valence-corrected chi connectivity index (χ4v) is 4.25.